The van der Waals surface area contributed by atoms with E-state index in [1.807, 2.05) is 26.0 Å². The molecule has 0 bridgehead atoms. The molecule has 0 saturated heterocycles. The van der Waals surface area contributed by atoms with Gasteiger partial charge in [0.05, 0.1) is 19.3 Å². The van der Waals surface area contributed by atoms with E-state index < -0.39 is 6.10 Å². The molecule has 2 N–H and O–H groups in total. The van der Waals surface area contributed by atoms with Gasteiger partial charge in [0.2, 0.25) is 0 Å². The molecule has 5 heteroatoms. The Kier molecular flexibility index (Phi) is 10.5. The van der Waals surface area contributed by atoms with E-state index >= 15 is 0 Å². The first-order valence-electron chi connectivity index (χ1n) is 8.01. The summed E-state index contributed by atoms with van der Waals surface area (Å²) in [5.74, 6) is 0.846. The average molecular weight is 346 g/mol. The quantitative estimate of drug-likeness (QED) is 0.675. The first kappa shape index (κ1) is 22.2. The summed E-state index contributed by atoms with van der Waals surface area (Å²) in [5, 5.41) is 12.9. The minimum atomic E-state index is -0.478. The van der Waals surface area contributed by atoms with E-state index in [2.05, 4.69) is 38.2 Å². The predicted octanol–water partition coefficient (Wildman–Crippen LogP) is 3.16. The van der Waals surface area contributed by atoms with Crippen LogP contribution in [0, 0.1) is 0 Å². The number of aliphatic hydroxyl groups excluding tert-OH is 1. The number of halogens is 1. The average Bonchev–Trinajstić information content (AvgIpc) is 2.44. The van der Waals surface area contributed by atoms with Crippen LogP contribution in [-0.2, 0) is 10.2 Å². The summed E-state index contributed by atoms with van der Waals surface area (Å²) in [7, 11) is 0. The zero-order valence-corrected chi connectivity index (χ0v) is 15.8. The van der Waals surface area contributed by atoms with Crippen molar-refractivity contribution in [2.75, 3.05) is 26.4 Å². The van der Waals surface area contributed by atoms with Crippen LogP contribution >= 0.6 is 12.4 Å². The monoisotopic (exact) mass is 345 g/mol. The molecule has 0 aliphatic rings. The maximum Gasteiger partial charge on any atom is 0.119 e. The third-order valence-electron chi connectivity index (χ3n) is 3.29. The number of hydrogen-bond donors (Lipinski definition) is 2. The highest BCUT2D eigenvalue weighted by atomic mass is 35.5. The van der Waals surface area contributed by atoms with Gasteiger partial charge in [-0.2, -0.15) is 0 Å². The van der Waals surface area contributed by atoms with Gasteiger partial charge in [-0.15, -0.1) is 12.4 Å². The number of nitrogens with one attached hydrogen (secondary N) is 1. The molecule has 1 atom stereocenters. The molecule has 0 heterocycles. The maximum absolute atomic E-state index is 9.69. The molecule has 4 nitrogen and oxygen atoms in total. The first-order chi connectivity index (χ1) is 10.3. The van der Waals surface area contributed by atoms with Crippen LogP contribution in [-0.4, -0.2) is 43.6 Å². The van der Waals surface area contributed by atoms with Gasteiger partial charge in [0, 0.05) is 12.6 Å². The van der Waals surface area contributed by atoms with Crippen LogP contribution in [0.15, 0.2) is 24.3 Å². The van der Waals surface area contributed by atoms with E-state index in [9.17, 15) is 5.11 Å². The molecule has 0 aliphatic heterocycles. The van der Waals surface area contributed by atoms with Gasteiger partial charge in [0.25, 0.3) is 0 Å². The molecular formula is C18H32ClNO3. The van der Waals surface area contributed by atoms with Crippen LogP contribution in [0.25, 0.3) is 0 Å². The van der Waals surface area contributed by atoms with Crippen molar-refractivity contribution in [3.05, 3.63) is 29.8 Å². The fraction of sp³-hybridized carbons (Fsp3) is 0.667. The van der Waals surface area contributed by atoms with E-state index in [1.165, 1.54) is 5.56 Å². The zero-order valence-electron chi connectivity index (χ0n) is 15.0. The van der Waals surface area contributed by atoms with Gasteiger partial charge in [0.15, 0.2) is 0 Å². The summed E-state index contributed by atoms with van der Waals surface area (Å²) < 4.78 is 11.0. The molecule has 0 saturated carbocycles. The zero-order chi connectivity index (χ0) is 16.6. The highest BCUT2D eigenvalue weighted by Crippen LogP contribution is 2.24. The largest absolute Gasteiger partial charge is 0.491 e. The predicted molar refractivity (Wildman–Crippen MR) is 97.8 cm³/mol. The highest BCUT2D eigenvalue weighted by Gasteiger charge is 2.12. The van der Waals surface area contributed by atoms with Crippen LogP contribution in [0.4, 0.5) is 0 Å². The van der Waals surface area contributed by atoms with Crippen molar-refractivity contribution in [3.8, 4) is 5.75 Å². The molecular weight excluding hydrogens is 314 g/mol. The Balaban J connectivity index is 0.00000484. The summed E-state index contributed by atoms with van der Waals surface area (Å²) in [6.45, 7) is 12.5. The lowest BCUT2D eigenvalue weighted by Crippen LogP contribution is -2.34. The lowest BCUT2D eigenvalue weighted by Gasteiger charge is -2.19. The second-order valence-electron chi connectivity index (χ2n) is 6.91. The molecule has 1 aromatic carbocycles. The van der Waals surface area contributed by atoms with Gasteiger partial charge in [0.1, 0.15) is 12.4 Å². The van der Waals surface area contributed by atoms with Crippen LogP contribution in [0.5, 0.6) is 5.75 Å². The van der Waals surface area contributed by atoms with Crippen molar-refractivity contribution in [2.45, 2.75) is 52.2 Å². The van der Waals surface area contributed by atoms with Gasteiger partial charge in [-0.25, -0.2) is 0 Å². The number of benzene rings is 1. The van der Waals surface area contributed by atoms with Crippen molar-refractivity contribution < 1.29 is 14.6 Å². The Labute approximate surface area is 147 Å². The molecule has 0 aromatic heterocycles. The standard InChI is InChI=1S/C18H31NO3.ClH/c1-14(2)19-12-16(20)13-21-10-11-22-17-8-6-15(7-9-17)18(3,4)5;/h6-9,14,16,19-20H,10-13H2,1-5H3;1H. The van der Waals surface area contributed by atoms with Gasteiger partial charge >= 0.3 is 0 Å². The third kappa shape index (κ3) is 9.82. The van der Waals surface area contributed by atoms with Gasteiger partial charge in [-0.1, -0.05) is 46.8 Å². The molecule has 1 rings (SSSR count). The second kappa shape index (κ2) is 10.9. The molecule has 23 heavy (non-hydrogen) atoms. The van der Waals surface area contributed by atoms with E-state index in [0.717, 1.165) is 5.75 Å². The Morgan fingerprint density at radius 2 is 1.70 bits per heavy atom. The highest BCUT2D eigenvalue weighted by molar-refractivity contribution is 5.85. The third-order valence-corrected chi connectivity index (χ3v) is 3.29. The summed E-state index contributed by atoms with van der Waals surface area (Å²) in [6.07, 6.45) is -0.478. The minimum absolute atomic E-state index is 0. The van der Waals surface area contributed by atoms with Crippen molar-refractivity contribution in [1.29, 1.82) is 0 Å². The molecule has 0 spiro atoms. The first-order valence-corrected chi connectivity index (χ1v) is 8.01. The molecule has 1 aromatic rings. The van der Waals surface area contributed by atoms with E-state index in [0.29, 0.717) is 32.4 Å². The maximum atomic E-state index is 9.69. The lowest BCUT2D eigenvalue weighted by molar-refractivity contribution is 0.0244. The molecule has 0 fully saturated rings. The van der Waals surface area contributed by atoms with Crippen molar-refractivity contribution in [1.82, 2.24) is 5.32 Å². The fourth-order valence-corrected chi connectivity index (χ4v) is 1.92. The number of rotatable bonds is 9. The van der Waals surface area contributed by atoms with Crippen molar-refractivity contribution >= 4 is 12.4 Å². The second-order valence-corrected chi connectivity index (χ2v) is 6.91. The van der Waals surface area contributed by atoms with Gasteiger partial charge in [-0.05, 0) is 23.1 Å². The minimum Gasteiger partial charge on any atom is -0.491 e. The molecule has 1 unspecified atom stereocenters. The molecule has 134 valence electrons. The van der Waals surface area contributed by atoms with E-state index in [4.69, 9.17) is 9.47 Å². The summed E-state index contributed by atoms with van der Waals surface area (Å²) in [4.78, 5) is 0. The Morgan fingerprint density at radius 3 is 2.22 bits per heavy atom. The Bertz CT molecular complexity index is 415. The smallest absolute Gasteiger partial charge is 0.119 e. The molecule has 0 amide bonds. The Morgan fingerprint density at radius 1 is 1.09 bits per heavy atom. The lowest BCUT2D eigenvalue weighted by atomic mass is 9.87. The SMILES string of the molecule is CC(C)NCC(O)COCCOc1ccc(C(C)(C)C)cc1.Cl. The summed E-state index contributed by atoms with van der Waals surface area (Å²) in [6, 6.07) is 8.54. The molecule has 0 aliphatic carbocycles. The normalized spacial score (nSPS) is 12.8. The van der Waals surface area contributed by atoms with Crippen LogP contribution in [0.3, 0.4) is 0 Å². The molecule has 0 radical (unpaired) electrons. The van der Waals surface area contributed by atoms with Gasteiger partial charge in [-0.3, -0.25) is 0 Å². The van der Waals surface area contributed by atoms with Crippen molar-refractivity contribution in [3.63, 3.8) is 0 Å². The summed E-state index contributed by atoms with van der Waals surface area (Å²) >= 11 is 0. The number of aliphatic hydroxyl groups is 1. The Hall–Kier alpha value is -0.810. The van der Waals surface area contributed by atoms with E-state index in [-0.39, 0.29) is 17.8 Å². The number of hydrogen-bond acceptors (Lipinski definition) is 4. The van der Waals surface area contributed by atoms with Crippen LogP contribution in [0.2, 0.25) is 0 Å². The topological polar surface area (TPSA) is 50.7 Å². The van der Waals surface area contributed by atoms with E-state index in [1.54, 1.807) is 0 Å². The fourth-order valence-electron chi connectivity index (χ4n) is 1.92. The van der Waals surface area contributed by atoms with Crippen LogP contribution < -0.4 is 10.1 Å². The number of ether oxygens (including phenoxy) is 2. The van der Waals surface area contributed by atoms with Crippen LogP contribution in [0.1, 0.15) is 40.2 Å². The van der Waals surface area contributed by atoms with Crippen molar-refractivity contribution in [2.24, 2.45) is 0 Å². The van der Waals surface area contributed by atoms with Gasteiger partial charge < -0.3 is 19.9 Å². The summed E-state index contributed by atoms with van der Waals surface area (Å²) in [5.41, 5.74) is 1.44.